The van der Waals surface area contributed by atoms with Crippen LogP contribution in [-0.4, -0.2) is 40.7 Å². The minimum Gasteiger partial charge on any atom is -0.485 e. The van der Waals surface area contributed by atoms with Gasteiger partial charge in [-0.3, -0.25) is 18.8 Å². The zero-order chi connectivity index (χ0) is 32.8. The number of hydrogen-bond donors (Lipinski definition) is 2. The minimum atomic E-state index is -0.450. The van der Waals surface area contributed by atoms with Gasteiger partial charge in [0.2, 0.25) is 11.8 Å². The lowest BCUT2D eigenvalue weighted by molar-refractivity contribution is -0.122. The Bertz CT molecular complexity index is 1950. The number of rotatable bonds is 10. The summed E-state index contributed by atoms with van der Waals surface area (Å²) in [4.78, 5) is 43.7. The second kappa shape index (κ2) is 16.0. The monoisotopic (exact) mass is 755 g/mol. The van der Waals surface area contributed by atoms with Crippen molar-refractivity contribution in [1.29, 1.82) is 0 Å². The standard InChI is InChI=1S/C34H28BrCl2N5O4.ClH/c1-21-32(35)42-18-6-9-28(33(42)39-21)46-20-25-26(36)15-16-27(31(25)37)41(2)30(44)19-38-29(43)17-12-22-10-13-24(14-11-22)40-34(45)23-7-4-3-5-8-23;/h3-18H,19-20H2,1-2H3,(H,38,43)(H,40,45);1H/b17-12+;. The third-order valence-corrected chi connectivity index (χ3v) is 8.77. The van der Waals surface area contributed by atoms with Crippen LogP contribution in [0.4, 0.5) is 11.4 Å². The summed E-state index contributed by atoms with van der Waals surface area (Å²) in [5.41, 5.74) is 4.29. The first kappa shape index (κ1) is 35.5. The lowest BCUT2D eigenvalue weighted by atomic mass is 10.1. The van der Waals surface area contributed by atoms with Gasteiger partial charge in [-0.25, -0.2) is 4.98 Å². The Hall–Kier alpha value is -4.35. The summed E-state index contributed by atoms with van der Waals surface area (Å²) < 4.78 is 8.75. The fourth-order valence-corrected chi connectivity index (χ4v) is 5.46. The fourth-order valence-electron chi connectivity index (χ4n) is 4.48. The number of pyridine rings is 1. The number of aryl methyl sites for hydroxylation is 1. The van der Waals surface area contributed by atoms with E-state index in [4.69, 9.17) is 27.9 Å². The van der Waals surface area contributed by atoms with Crippen molar-refractivity contribution in [3.63, 3.8) is 0 Å². The average molecular weight is 758 g/mol. The van der Waals surface area contributed by atoms with Crippen molar-refractivity contribution in [3.05, 3.63) is 128 Å². The van der Waals surface area contributed by atoms with Gasteiger partial charge in [-0.1, -0.05) is 53.5 Å². The van der Waals surface area contributed by atoms with Crippen LogP contribution in [0, 0.1) is 6.92 Å². The van der Waals surface area contributed by atoms with Crippen LogP contribution >= 0.6 is 51.5 Å². The number of carbonyl (C=O) groups excluding carboxylic acids is 3. The highest BCUT2D eigenvalue weighted by Crippen LogP contribution is 2.35. The highest BCUT2D eigenvalue weighted by Gasteiger charge is 2.20. The maximum atomic E-state index is 13.0. The van der Waals surface area contributed by atoms with Crippen molar-refractivity contribution in [3.8, 4) is 5.75 Å². The Labute approximate surface area is 296 Å². The second-order valence-corrected chi connectivity index (χ2v) is 11.7. The van der Waals surface area contributed by atoms with E-state index in [1.807, 2.05) is 29.7 Å². The molecule has 0 saturated heterocycles. The Morgan fingerprint density at radius 2 is 1.72 bits per heavy atom. The first-order chi connectivity index (χ1) is 22.1. The van der Waals surface area contributed by atoms with Crippen LogP contribution in [0.15, 0.2) is 95.7 Å². The SMILES string of the molecule is Cc1nc2c(OCc3c(Cl)ccc(N(C)C(=O)CNC(=O)/C=C/c4ccc(NC(=O)c5ccccc5)cc4)c3Cl)cccn2c1Br.Cl. The van der Waals surface area contributed by atoms with Crippen molar-refractivity contribution in [2.75, 3.05) is 23.8 Å². The Morgan fingerprint density at radius 1 is 1.00 bits per heavy atom. The highest BCUT2D eigenvalue weighted by atomic mass is 79.9. The molecule has 2 heterocycles. The number of nitrogens with zero attached hydrogens (tertiary/aromatic N) is 3. The van der Waals surface area contributed by atoms with E-state index in [2.05, 4.69) is 31.5 Å². The summed E-state index contributed by atoms with van der Waals surface area (Å²) in [7, 11) is 1.56. The number of imidazole rings is 1. The molecule has 13 heteroatoms. The minimum absolute atomic E-state index is 0. The number of amides is 3. The molecule has 3 aromatic carbocycles. The van der Waals surface area contributed by atoms with Gasteiger partial charge in [-0.2, -0.15) is 0 Å². The number of likely N-dealkylation sites (N-methyl/N-ethyl adjacent to an activating group) is 1. The van der Waals surface area contributed by atoms with Crippen LogP contribution in [0.2, 0.25) is 10.0 Å². The summed E-state index contributed by atoms with van der Waals surface area (Å²) in [6.45, 7) is 1.67. The van der Waals surface area contributed by atoms with E-state index < -0.39 is 5.91 Å². The molecule has 5 aromatic rings. The van der Waals surface area contributed by atoms with Crippen LogP contribution < -0.4 is 20.3 Å². The van der Waals surface area contributed by atoms with Crippen LogP contribution in [0.25, 0.3) is 11.7 Å². The lowest BCUT2D eigenvalue weighted by Crippen LogP contribution is -2.37. The zero-order valence-electron chi connectivity index (χ0n) is 25.2. The molecule has 0 radical (unpaired) electrons. The molecule has 2 aromatic heterocycles. The first-order valence-electron chi connectivity index (χ1n) is 14.0. The highest BCUT2D eigenvalue weighted by molar-refractivity contribution is 9.10. The normalized spacial score (nSPS) is 10.8. The second-order valence-electron chi connectivity index (χ2n) is 10.1. The molecule has 2 N–H and O–H groups in total. The molecule has 0 aliphatic heterocycles. The van der Waals surface area contributed by atoms with Gasteiger partial charge < -0.3 is 20.3 Å². The van der Waals surface area contributed by atoms with Crippen LogP contribution in [0.3, 0.4) is 0 Å². The van der Waals surface area contributed by atoms with Gasteiger partial charge >= 0.3 is 0 Å². The van der Waals surface area contributed by atoms with Crippen molar-refractivity contribution < 1.29 is 19.1 Å². The first-order valence-corrected chi connectivity index (χ1v) is 15.6. The summed E-state index contributed by atoms with van der Waals surface area (Å²) in [6, 6.07) is 22.8. The number of fused-ring (bicyclic) bond motifs is 1. The van der Waals surface area contributed by atoms with E-state index >= 15 is 0 Å². The Morgan fingerprint density at radius 3 is 2.45 bits per heavy atom. The summed E-state index contributed by atoms with van der Waals surface area (Å²) >= 11 is 16.7. The quantitative estimate of drug-likeness (QED) is 0.142. The average Bonchev–Trinajstić information content (AvgIpc) is 3.36. The van der Waals surface area contributed by atoms with Gasteiger partial charge in [0, 0.05) is 41.2 Å². The van der Waals surface area contributed by atoms with Gasteiger partial charge in [0.05, 0.1) is 22.9 Å². The Kier molecular flexibility index (Phi) is 12.1. The molecule has 0 aliphatic rings. The molecule has 9 nitrogen and oxygen atoms in total. The third kappa shape index (κ3) is 8.52. The van der Waals surface area contributed by atoms with Gasteiger partial charge in [-0.15, -0.1) is 12.4 Å². The third-order valence-electron chi connectivity index (χ3n) is 7.03. The maximum absolute atomic E-state index is 13.0. The molecular weight excluding hydrogens is 729 g/mol. The van der Waals surface area contributed by atoms with E-state index in [1.54, 1.807) is 79.9 Å². The van der Waals surface area contributed by atoms with E-state index in [0.29, 0.717) is 38.9 Å². The van der Waals surface area contributed by atoms with Gasteiger partial charge in [0.1, 0.15) is 11.2 Å². The number of aromatic nitrogens is 2. The Balaban J connectivity index is 0.00000500. The fraction of sp³-hybridized carbons (Fsp3) is 0.118. The smallest absolute Gasteiger partial charge is 0.255 e. The predicted octanol–water partition coefficient (Wildman–Crippen LogP) is 7.76. The van der Waals surface area contributed by atoms with Gasteiger partial charge in [0.15, 0.2) is 11.4 Å². The molecular formula is C34H29BrCl3N5O4. The van der Waals surface area contributed by atoms with E-state index in [0.717, 1.165) is 15.9 Å². The van der Waals surface area contributed by atoms with Crippen LogP contribution in [0.5, 0.6) is 5.75 Å². The predicted molar refractivity (Wildman–Crippen MR) is 192 cm³/mol. The van der Waals surface area contributed by atoms with Crippen molar-refractivity contribution in [1.82, 2.24) is 14.7 Å². The van der Waals surface area contributed by atoms with E-state index in [1.165, 1.54) is 11.0 Å². The zero-order valence-corrected chi connectivity index (χ0v) is 29.1. The molecule has 0 saturated carbocycles. The number of nitrogens with one attached hydrogen (secondary N) is 2. The number of anilines is 2. The molecule has 0 bridgehead atoms. The largest absolute Gasteiger partial charge is 0.485 e. The molecule has 0 unspecified atom stereocenters. The number of halogens is 4. The van der Waals surface area contributed by atoms with Crippen molar-refractivity contribution in [2.45, 2.75) is 13.5 Å². The van der Waals surface area contributed by atoms with E-state index in [-0.39, 0.29) is 42.4 Å². The molecule has 47 heavy (non-hydrogen) atoms. The van der Waals surface area contributed by atoms with Crippen LogP contribution in [0.1, 0.15) is 27.2 Å². The molecule has 0 fully saturated rings. The molecule has 5 rings (SSSR count). The summed E-state index contributed by atoms with van der Waals surface area (Å²) in [5.74, 6) is -0.512. The van der Waals surface area contributed by atoms with Crippen molar-refractivity contribution >= 4 is 92.4 Å². The lowest BCUT2D eigenvalue weighted by Gasteiger charge is -2.21. The number of hydrogen-bond acceptors (Lipinski definition) is 5. The van der Waals surface area contributed by atoms with Gasteiger partial charge in [-0.05, 0) is 83.0 Å². The molecule has 0 atom stereocenters. The van der Waals surface area contributed by atoms with Gasteiger partial charge in [0.25, 0.3) is 5.91 Å². The van der Waals surface area contributed by atoms with E-state index in [9.17, 15) is 14.4 Å². The summed E-state index contributed by atoms with van der Waals surface area (Å²) in [6.07, 6.45) is 4.81. The van der Waals surface area contributed by atoms with Crippen molar-refractivity contribution in [2.24, 2.45) is 0 Å². The molecule has 0 aliphatic carbocycles. The topological polar surface area (TPSA) is 105 Å². The number of ether oxygens (including phenoxy) is 1. The maximum Gasteiger partial charge on any atom is 0.255 e. The summed E-state index contributed by atoms with van der Waals surface area (Å²) in [5, 5.41) is 6.06. The number of carbonyl (C=O) groups is 3. The molecule has 3 amide bonds. The molecule has 0 spiro atoms. The molecule has 242 valence electrons. The number of benzene rings is 3. The van der Waals surface area contributed by atoms with Crippen LogP contribution in [-0.2, 0) is 16.2 Å².